The molecule has 1 rings (SSSR count). The lowest BCUT2D eigenvalue weighted by atomic mass is 10.4. The molecular weight excluding hydrogens is 258 g/mol. The lowest BCUT2D eigenvalue weighted by Gasteiger charge is -2.05. The predicted molar refractivity (Wildman–Crippen MR) is 66.8 cm³/mol. The van der Waals surface area contributed by atoms with E-state index >= 15 is 0 Å². The van der Waals surface area contributed by atoms with E-state index in [2.05, 4.69) is 16.8 Å². The number of aromatic nitrogens is 3. The molecule has 0 aliphatic rings. The lowest BCUT2D eigenvalue weighted by molar-refractivity contribution is -0.133. The molecule has 1 aromatic heterocycles. The average Bonchev–Trinajstić information content (AvgIpc) is 2.63. The summed E-state index contributed by atoms with van der Waals surface area (Å²) in [6, 6.07) is 0. The monoisotopic (exact) mass is 273 g/mol. The Morgan fingerprint density at radius 1 is 1.67 bits per heavy atom. The van der Waals surface area contributed by atoms with Gasteiger partial charge in [-0.3, -0.25) is 9.36 Å². The van der Waals surface area contributed by atoms with Crippen molar-refractivity contribution in [2.24, 2.45) is 0 Å². The number of rotatable bonds is 8. The van der Waals surface area contributed by atoms with E-state index in [9.17, 15) is 9.59 Å². The zero-order valence-corrected chi connectivity index (χ0v) is 10.8. The van der Waals surface area contributed by atoms with Crippen LogP contribution >= 0.6 is 11.8 Å². The van der Waals surface area contributed by atoms with Crippen molar-refractivity contribution in [3.8, 4) is 0 Å². The highest BCUT2D eigenvalue weighted by atomic mass is 32.2. The van der Waals surface area contributed by atoms with E-state index in [4.69, 9.17) is 9.84 Å². The Labute approximate surface area is 108 Å². The van der Waals surface area contributed by atoms with Gasteiger partial charge in [-0.25, -0.2) is 9.89 Å². The van der Waals surface area contributed by atoms with Gasteiger partial charge in [0.1, 0.15) is 0 Å². The van der Waals surface area contributed by atoms with Crippen molar-refractivity contribution in [3.63, 3.8) is 0 Å². The highest BCUT2D eigenvalue weighted by Gasteiger charge is 2.10. The normalized spacial score (nSPS) is 10.5. The quantitative estimate of drug-likeness (QED) is 0.403. The van der Waals surface area contributed by atoms with Crippen LogP contribution in [0.1, 0.15) is 6.92 Å². The maximum absolute atomic E-state index is 11.4. The van der Waals surface area contributed by atoms with Crippen LogP contribution in [0, 0.1) is 0 Å². The van der Waals surface area contributed by atoms with Crippen molar-refractivity contribution >= 4 is 17.7 Å². The summed E-state index contributed by atoms with van der Waals surface area (Å²) in [5, 5.41) is 15.0. The molecule has 1 heterocycles. The van der Waals surface area contributed by atoms with E-state index in [-0.39, 0.29) is 11.4 Å². The zero-order chi connectivity index (χ0) is 13.5. The third-order valence-corrected chi connectivity index (χ3v) is 2.82. The number of aromatic amines is 1. The summed E-state index contributed by atoms with van der Waals surface area (Å²) in [5.41, 5.74) is 0.525. The summed E-state index contributed by atoms with van der Waals surface area (Å²) in [7, 11) is 0. The van der Waals surface area contributed by atoms with Crippen LogP contribution in [0.25, 0.3) is 0 Å². The van der Waals surface area contributed by atoms with Crippen molar-refractivity contribution in [2.45, 2.75) is 18.6 Å². The fourth-order valence-corrected chi connectivity index (χ4v) is 1.83. The van der Waals surface area contributed by atoms with E-state index in [1.54, 1.807) is 0 Å². The first-order valence-electron chi connectivity index (χ1n) is 5.22. The minimum atomic E-state index is -0.958. The summed E-state index contributed by atoms with van der Waals surface area (Å²) in [6.07, 6.45) is 0. The molecule has 0 unspecified atom stereocenters. The second kappa shape index (κ2) is 7.02. The summed E-state index contributed by atoms with van der Waals surface area (Å²) >= 11 is 0.988. The van der Waals surface area contributed by atoms with Gasteiger partial charge in [0.25, 0.3) is 0 Å². The van der Waals surface area contributed by atoms with Gasteiger partial charge in [0.2, 0.25) is 0 Å². The molecule has 0 atom stereocenters. The molecule has 0 fully saturated rings. The maximum atomic E-state index is 11.4. The van der Waals surface area contributed by atoms with Gasteiger partial charge in [-0.15, -0.1) is 5.10 Å². The van der Waals surface area contributed by atoms with Gasteiger partial charge in [0.05, 0.1) is 25.5 Å². The topological polar surface area (TPSA) is 97.2 Å². The number of H-pyrrole nitrogens is 1. The van der Waals surface area contributed by atoms with Gasteiger partial charge < -0.3 is 9.84 Å². The molecule has 0 spiro atoms. The van der Waals surface area contributed by atoms with Crippen LogP contribution in [-0.4, -0.2) is 44.8 Å². The highest BCUT2D eigenvalue weighted by Crippen LogP contribution is 2.12. The molecule has 0 bridgehead atoms. The zero-order valence-electron chi connectivity index (χ0n) is 10.0. The van der Waals surface area contributed by atoms with Crippen LogP contribution in [-0.2, 0) is 16.1 Å². The fraction of sp³-hybridized carbons (Fsp3) is 0.500. The van der Waals surface area contributed by atoms with Crippen LogP contribution in [0.4, 0.5) is 0 Å². The molecule has 0 aliphatic carbocycles. The Morgan fingerprint density at radius 2 is 2.39 bits per heavy atom. The van der Waals surface area contributed by atoms with Crippen molar-refractivity contribution in [3.05, 3.63) is 22.6 Å². The smallest absolute Gasteiger partial charge is 0.344 e. The lowest BCUT2D eigenvalue weighted by Crippen LogP contribution is -2.21. The summed E-state index contributed by atoms with van der Waals surface area (Å²) < 4.78 is 6.63. The van der Waals surface area contributed by atoms with Gasteiger partial charge in [-0.1, -0.05) is 23.9 Å². The maximum Gasteiger partial charge on any atom is 0.344 e. The third-order valence-electron chi connectivity index (χ3n) is 1.86. The number of carboxylic acids is 1. The van der Waals surface area contributed by atoms with Crippen molar-refractivity contribution in [1.82, 2.24) is 14.8 Å². The first-order chi connectivity index (χ1) is 8.50. The fourth-order valence-electron chi connectivity index (χ4n) is 1.14. The van der Waals surface area contributed by atoms with E-state index in [0.29, 0.717) is 24.9 Å². The molecule has 8 heteroatoms. The molecule has 0 radical (unpaired) electrons. The van der Waals surface area contributed by atoms with Crippen molar-refractivity contribution in [1.29, 1.82) is 0 Å². The molecular formula is C10H15N3O4S. The van der Waals surface area contributed by atoms with E-state index in [0.717, 1.165) is 17.3 Å². The van der Waals surface area contributed by atoms with Crippen LogP contribution in [0.5, 0.6) is 0 Å². The minimum absolute atomic E-state index is 0.142. The SMILES string of the molecule is C=C(C)COCCn1c(SCC(=O)O)n[nH]c1=O. The largest absolute Gasteiger partial charge is 0.481 e. The molecule has 1 aromatic rings. The third kappa shape index (κ3) is 4.76. The average molecular weight is 273 g/mol. The van der Waals surface area contributed by atoms with Gasteiger partial charge in [-0.05, 0) is 6.92 Å². The number of hydrogen-bond acceptors (Lipinski definition) is 5. The molecule has 0 amide bonds. The van der Waals surface area contributed by atoms with Gasteiger partial charge in [0, 0.05) is 0 Å². The second-order valence-corrected chi connectivity index (χ2v) is 4.60. The highest BCUT2D eigenvalue weighted by molar-refractivity contribution is 7.99. The van der Waals surface area contributed by atoms with Crippen LogP contribution in [0.15, 0.2) is 22.1 Å². The predicted octanol–water partition coefficient (Wildman–Crippen LogP) is 0.341. The number of hydrogen-bond donors (Lipinski definition) is 2. The van der Waals surface area contributed by atoms with Crippen LogP contribution < -0.4 is 5.69 Å². The molecule has 7 nitrogen and oxygen atoms in total. The summed E-state index contributed by atoms with van der Waals surface area (Å²) in [6.45, 7) is 6.64. The number of nitrogens with one attached hydrogen (secondary N) is 1. The number of nitrogens with zero attached hydrogens (tertiary/aromatic N) is 2. The molecule has 100 valence electrons. The molecule has 0 aromatic carbocycles. The van der Waals surface area contributed by atoms with Crippen molar-refractivity contribution in [2.75, 3.05) is 19.0 Å². The van der Waals surface area contributed by atoms with E-state index < -0.39 is 5.97 Å². The molecule has 18 heavy (non-hydrogen) atoms. The molecule has 0 saturated carbocycles. The molecule has 0 aliphatic heterocycles. The van der Waals surface area contributed by atoms with Crippen LogP contribution in [0.3, 0.4) is 0 Å². The summed E-state index contributed by atoms with van der Waals surface area (Å²) in [4.78, 5) is 21.9. The van der Waals surface area contributed by atoms with E-state index in [1.165, 1.54) is 4.57 Å². The van der Waals surface area contributed by atoms with Gasteiger partial charge >= 0.3 is 11.7 Å². The number of carboxylic acid groups (broad SMARTS) is 1. The Hall–Kier alpha value is -1.54. The standard InChI is InChI=1S/C10H15N3O4S/c1-7(2)5-17-4-3-13-9(16)11-12-10(13)18-6-8(14)15/h1,3-6H2,2H3,(H,11,16)(H,14,15). The van der Waals surface area contributed by atoms with E-state index in [1.807, 2.05) is 6.92 Å². The second-order valence-electron chi connectivity index (χ2n) is 3.66. The van der Waals surface area contributed by atoms with Gasteiger partial charge in [0.15, 0.2) is 5.16 Å². The Balaban J connectivity index is 2.52. The molecule has 0 saturated heterocycles. The first-order valence-corrected chi connectivity index (χ1v) is 6.21. The Kier molecular flexibility index (Phi) is 5.66. The Bertz CT molecular complexity index is 480. The Morgan fingerprint density at radius 3 is 3.00 bits per heavy atom. The van der Waals surface area contributed by atoms with Crippen molar-refractivity contribution < 1.29 is 14.6 Å². The number of thioether (sulfide) groups is 1. The minimum Gasteiger partial charge on any atom is -0.481 e. The number of ether oxygens (including phenoxy) is 1. The number of aliphatic carboxylic acids is 1. The number of carbonyl (C=O) groups is 1. The van der Waals surface area contributed by atoms with Crippen LogP contribution in [0.2, 0.25) is 0 Å². The molecule has 2 N–H and O–H groups in total. The van der Waals surface area contributed by atoms with Gasteiger partial charge in [-0.2, -0.15) is 0 Å². The first kappa shape index (κ1) is 14.5. The summed E-state index contributed by atoms with van der Waals surface area (Å²) in [5.74, 6) is -1.10.